The predicted molar refractivity (Wildman–Crippen MR) is 251 cm³/mol. The maximum Gasteiger partial charge on any atom is 0.161 e. The van der Waals surface area contributed by atoms with Gasteiger partial charge in [0.05, 0.1) is 22.1 Å². The van der Waals surface area contributed by atoms with E-state index in [1.165, 1.54) is 43.8 Å². The molecule has 0 saturated heterocycles. The van der Waals surface area contributed by atoms with Crippen molar-refractivity contribution in [3.05, 3.63) is 217 Å². The number of aromatic nitrogens is 2. The molecule has 0 aliphatic carbocycles. The summed E-state index contributed by atoms with van der Waals surface area (Å²) in [7, 11) is 0. The van der Waals surface area contributed by atoms with Gasteiger partial charge in [-0.05, 0) is 71.5 Å². The van der Waals surface area contributed by atoms with Gasteiger partial charge in [-0.1, -0.05) is 183 Å². The molecule has 8 aromatic carbocycles. The summed E-state index contributed by atoms with van der Waals surface area (Å²) < 4.78 is 4.78. The van der Waals surface area contributed by atoms with Gasteiger partial charge < -0.3 is 4.57 Å². The maximum atomic E-state index is 5.62. The normalized spacial score (nSPS) is 12.6. The number of para-hydroxylation sites is 3. The Morgan fingerprint density at radius 3 is 1.51 bits per heavy atom. The Kier molecular flexibility index (Phi) is 9.36. The summed E-state index contributed by atoms with van der Waals surface area (Å²) in [6.07, 6.45) is 3.02. The van der Waals surface area contributed by atoms with Gasteiger partial charge in [0.2, 0.25) is 0 Å². The third kappa shape index (κ3) is 6.55. The summed E-state index contributed by atoms with van der Waals surface area (Å²) in [5.41, 5.74) is 13.2. The third-order valence-corrected chi connectivity index (χ3v) is 11.3. The van der Waals surface area contributed by atoms with Crippen LogP contribution in [0.3, 0.4) is 0 Å². The fourth-order valence-corrected chi connectivity index (χ4v) is 8.42. The number of hydrogen-bond acceptors (Lipinski definition) is 1. The highest BCUT2D eigenvalue weighted by molar-refractivity contribution is 6.24. The molecular formula is C55H42N4. The molecule has 4 heteroatoms. The van der Waals surface area contributed by atoms with Gasteiger partial charge in [-0.3, -0.25) is 4.57 Å². The van der Waals surface area contributed by atoms with Crippen molar-refractivity contribution < 1.29 is 0 Å². The lowest BCUT2D eigenvalue weighted by Crippen LogP contribution is -2.06. The molecule has 0 atom stereocenters. The zero-order chi connectivity index (χ0) is 39.7. The Morgan fingerprint density at radius 2 is 0.915 bits per heavy atom. The number of aliphatic imine (C=N–C) groups is 2. The lowest BCUT2D eigenvalue weighted by molar-refractivity contribution is 1.11. The molecule has 10 rings (SSSR count). The van der Waals surface area contributed by atoms with E-state index in [1.807, 2.05) is 6.07 Å². The Bertz CT molecular complexity index is 3200. The number of fused-ring (bicyclic) bond motifs is 7. The monoisotopic (exact) mass is 758 g/mol. The SMILES string of the molecule is CC/C=C(/N=C(\N=C(/C)c1ccc(-c2ccccc2)cc1)c1ccc(-c2ccccc2)cc1)n1c2ccccc2c2ccc3c4ccccc4n(-c4ccccc4)c3c21. The van der Waals surface area contributed by atoms with E-state index in [4.69, 9.17) is 9.98 Å². The number of amidine groups is 1. The molecule has 0 bridgehead atoms. The van der Waals surface area contributed by atoms with Crippen LogP contribution in [0.1, 0.15) is 31.4 Å². The van der Waals surface area contributed by atoms with Gasteiger partial charge in [-0.15, -0.1) is 0 Å². The van der Waals surface area contributed by atoms with E-state index in [-0.39, 0.29) is 0 Å². The van der Waals surface area contributed by atoms with Crippen molar-refractivity contribution in [2.75, 3.05) is 0 Å². The standard InChI is InChI=1S/C55H42N4/c1-3-17-52(59-51-27-16-14-25-47(51)49-37-36-48-46-24-13-15-26-50(46)58(53(48)54(49)59)45-22-11-6-12-23-45)57-55(44-34-32-43(33-35-44)41-20-9-5-10-21-41)56-38(2)39-28-30-42(31-29-39)40-18-7-4-8-19-40/h4-37H,3H2,1-2H3/b52-17-,56-38+,57-55-. The van der Waals surface area contributed by atoms with Gasteiger partial charge in [0, 0.05) is 38.5 Å². The highest BCUT2D eigenvalue weighted by Gasteiger charge is 2.22. The van der Waals surface area contributed by atoms with Crippen LogP contribution in [-0.4, -0.2) is 20.7 Å². The minimum Gasteiger partial charge on any atom is -0.307 e. The van der Waals surface area contributed by atoms with Crippen molar-refractivity contribution in [1.82, 2.24) is 9.13 Å². The molecule has 282 valence electrons. The first-order valence-corrected chi connectivity index (χ1v) is 20.3. The second kappa shape index (κ2) is 15.4. The quantitative estimate of drug-likeness (QED) is 0.109. The van der Waals surface area contributed by atoms with Gasteiger partial charge in [-0.2, -0.15) is 0 Å². The van der Waals surface area contributed by atoms with Gasteiger partial charge in [-0.25, -0.2) is 9.98 Å². The van der Waals surface area contributed by atoms with Crippen LogP contribution in [0.25, 0.3) is 77.4 Å². The van der Waals surface area contributed by atoms with Crippen LogP contribution in [0.2, 0.25) is 0 Å². The van der Waals surface area contributed by atoms with Crippen molar-refractivity contribution in [1.29, 1.82) is 0 Å². The van der Waals surface area contributed by atoms with Crippen molar-refractivity contribution in [3.63, 3.8) is 0 Å². The minimum absolute atomic E-state index is 0.649. The van der Waals surface area contributed by atoms with E-state index in [2.05, 4.69) is 223 Å². The molecule has 0 aliphatic heterocycles. The molecule has 0 radical (unpaired) electrons. The lowest BCUT2D eigenvalue weighted by Gasteiger charge is -2.14. The second-order valence-corrected chi connectivity index (χ2v) is 14.9. The van der Waals surface area contributed by atoms with E-state index in [1.54, 1.807) is 0 Å². The summed E-state index contributed by atoms with van der Waals surface area (Å²) >= 11 is 0. The molecule has 0 N–H and O–H groups in total. The summed E-state index contributed by atoms with van der Waals surface area (Å²) in [4.78, 5) is 11.0. The molecule has 59 heavy (non-hydrogen) atoms. The number of nitrogens with zero attached hydrogens (tertiary/aromatic N) is 4. The number of allylic oxidation sites excluding steroid dienone is 1. The molecule has 2 aromatic heterocycles. The highest BCUT2D eigenvalue weighted by atomic mass is 15.1. The molecule has 4 nitrogen and oxygen atoms in total. The Hall–Kier alpha value is -7.56. The zero-order valence-electron chi connectivity index (χ0n) is 33.1. The molecule has 0 spiro atoms. The van der Waals surface area contributed by atoms with Crippen molar-refractivity contribution in [2.24, 2.45) is 9.98 Å². The first kappa shape index (κ1) is 35.8. The van der Waals surface area contributed by atoms with E-state index in [0.29, 0.717) is 5.84 Å². The van der Waals surface area contributed by atoms with Gasteiger partial charge in [0.1, 0.15) is 5.82 Å². The number of hydrogen-bond donors (Lipinski definition) is 0. The second-order valence-electron chi connectivity index (χ2n) is 14.9. The van der Waals surface area contributed by atoms with E-state index >= 15 is 0 Å². The van der Waals surface area contributed by atoms with Crippen LogP contribution >= 0.6 is 0 Å². The lowest BCUT2D eigenvalue weighted by atomic mass is 10.0. The van der Waals surface area contributed by atoms with E-state index < -0.39 is 0 Å². The summed E-state index contributed by atoms with van der Waals surface area (Å²) in [5, 5.41) is 4.77. The molecule has 0 saturated carbocycles. The summed E-state index contributed by atoms with van der Waals surface area (Å²) in [6, 6.07) is 71.0. The van der Waals surface area contributed by atoms with Crippen LogP contribution in [0, 0.1) is 0 Å². The maximum absolute atomic E-state index is 5.62. The van der Waals surface area contributed by atoms with Crippen LogP contribution in [0.15, 0.2) is 216 Å². The smallest absolute Gasteiger partial charge is 0.161 e. The first-order chi connectivity index (χ1) is 29.2. The Labute approximate surface area is 344 Å². The Morgan fingerprint density at radius 1 is 0.441 bits per heavy atom. The molecular weight excluding hydrogens is 717 g/mol. The average molecular weight is 759 g/mol. The van der Waals surface area contributed by atoms with Gasteiger partial charge in [0.25, 0.3) is 0 Å². The van der Waals surface area contributed by atoms with E-state index in [0.717, 1.165) is 56.9 Å². The fourth-order valence-electron chi connectivity index (χ4n) is 8.42. The molecule has 2 heterocycles. The molecule has 0 fully saturated rings. The highest BCUT2D eigenvalue weighted by Crippen LogP contribution is 2.42. The van der Waals surface area contributed by atoms with Crippen LogP contribution in [0.4, 0.5) is 0 Å². The molecule has 0 unspecified atom stereocenters. The first-order valence-electron chi connectivity index (χ1n) is 20.3. The predicted octanol–water partition coefficient (Wildman–Crippen LogP) is 14.4. The average Bonchev–Trinajstić information content (AvgIpc) is 3.83. The summed E-state index contributed by atoms with van der Waals surface area (Å²) in [6.45, 7) is 4.26. The van der Waals surface area contributed by atoms with Crippen molar-refractivity contribution >= 4 is 61.0 Å². The van der Waals surface area contributed by atoms with Gasteiger partial charge >= 0.3 is 0 Å². The molecule has 0 aliphatic rings. The summed E-state index contributed by atoms with van der Waals surface area (Å²) in [5.74, 6) is 1.48. The fraction of sp³-hybridized carbons (Fsp3) is 0.0545. The third-order valence-electron chi connectivity index (χ3n) is 11.3. The van der Waals surface area contributed by atoms with Crippen LogP contribution in [0.5, 0.6) is 0 Å². The Balaban J connectivity index is 1.22. The van der Waals surface area contributed by atoms with Crippen LogP contribution in [-0.2, 0) is 0 Å². The van der Waals surface area contributed by atoms with Gasteiger partial charge in [0.15, 0.2) is 5.84 Å². The van der Waals surface area contributed by atoms with Crippen molar-refractivity contribution in [2.45, 2.75) is 20.3 Å². The topological polar surface area (TPSA) is 34.6 Å². The van der Waals surface area contributed by atoms with Crippen LogP contribution < -0.4 is 0 Å². The number of benzene rings is 8. The minimum atomic E-state index is 0.649. The van der Waals surface area contributed by atoms with Crippen molar-refractivity contribution in [3.8, 4) is 27.9 Å². The zero-order valence-corrected chi connectivity index (χ0v) is 33.1. The number of rotatable bonds is 8. The molecule has 10 aromatic rings. The largest absolute Gasteiger partial charge is 0.307 e. The molecule has 0 amide bonds. The van der Waals surface area contributed by atoms with E-state index in [9.17, 15) is 0 Å².